The topological polar surface area (TPSA) is 58.6 Å². The van der Waals surface area contributed by atoms with Crippen LogP contribution in [0.4, 0.5) is 11.4 Å². The summed E-state index contributed by atoms with van der Waals surface area (Å²) in [7, 11) is 0. The van der Waals surface area contributed by atoms with E-state index in [-0.39, 0.29) is 18.4 Å². The number of nitrogens with one attached hydrogen (secondary N) is 1. The molecule has 0 unspecified atom stereocenters. The molecular weight excluding hydrogens is 376 g/mol. The van der Waals surface area contributed by atoms with Crippen LogP contribution in [0.3, 0.4) is 0 Å². The second-order valence-electron chi connectivity index (χ2n) is 8.34. The van der Waals surface area contributed by atoms with Gasteiger partial charge in [-0.3, -0.25) is 9.59 Å². The number of fused-ring (bicyclic) bond motifs is 1. The molecule has 0 atom stereocenters. The second kappa shape index (κ2) is 9.79. The molecule has 0 bridgehead atoms. The average Bonchev–Trinajstić information content (AvgIpc) is 2.78. The molecule has 5 heteroatoms. The van der Waals surface area contributed by atoms with E-state index in [1.54, 1.807) is 4.90 Å². The predicted octanol–water partition coefficient (Wildman–Crippen LogP) is 4.95. The van der Waals surface area contributed by atoms with Crippen molar-refractivity contribution < 1.29 is 14.3 Å². The van der Waals surface area contributed by atoms with Gasteiger partial charge in [0.25, 0.3) is 5.91 Å². The Balaban J connectivity index is 1.39. The van der Waals surface area contributed by atoms with Gasteiger partial charge in [0, 0.05) is 18.7 Å². The van der Waals surface area contributed by atoms with E-state index in [2.05, 4.69) is 17.4 Å². The molecule has 158 valence electrons. The van der Waals surface area contributed by atoms with Crippen molar-refractivity contribution in [2.75, 3.05) is 23.4 Å². The van der Waals surface area contributed by atoms with Gasteiger partial charge < -0.3 is 15.0 Å². The third kappa shape index (κ3) is 5.21. The summed E-state index contributed by atoms with van der Waals surface area (Å²) in [5.74, 6) is 1.36. The average molecular weight is 407 g/mol. The highest BCUT2D eigenvalue weighted by atomic mass is 16.5. The van der Waals surface area contributed by atoms with Gasteiger partial charge in [0.2, 0.25) is 5.91 Å². The minimum Gasteiger partial charge on any atom is -0.482 e. The van der Waals surface area contributed by atoms with Crippen LogP contribution >= 0.6 is 0 Å². The predicted molar refractivity (Wildman–Crippen MR) is 119 cm³/mol. The highest BCUT2D eigenvalue weighted by Crippen LogP contribution is 2.35. The molecule has 0 aromatic heterocycles. The van der Waals surface area contributed by atoms with Gasteiger partial charge >= 0.3 is 0 Å². The van der Waals surface area contributed by atoms with Crippen LogP contribution in [0, 0.1) is 5.92 Å². The first kappa shape index (κ1) is 20.5. The number of amides is 2. The summed E-state index contributed by atoms with van der Waals surface area (Å²) in [6, 6.07) is 15.7. The lowest BCUT2D eigenvalue weighted by atomic mass is 9.86. The van der Waals surface area contributed by atoms with Crippen LogP contribution in [-0.4, -0.2) is 25.0 Å². The number of ether oxygens (including phenoxy) is 1. The maximum Gasteiger partial charge on any atom is 0.265 e. The fourth-order valence-electron chi connectivity index (χ4n) is 4.45. The van der Waals surface area contributed by atoms with Gasteiger partial charge in [-0.2, -0.15) is 0 Å². The standard InChI is InChI=1S/C25H30N2O3/c28-24(14-11-19-7-3-1-4-8-19)26-21-12-13-23-22(17-21)27(25(29)18-30-23)16-15-20-9-5-2-6-10-20/h2,5-6,9-10,12-13,17,19H,1,3-4,7-8,11,14-16,18H2,(H,26,28). The Morgan fingerprint density at radius 2 is 1.87 bits per heavy atom. The molecule has 0 radical (unpaired) electrons. The minimum atomic E-state index is -0.0563. The lowest BCUT2D eigenvalue weighted by Gasteiger charge is -2.30. The molecule has 1 heterocycles. The van der Waals surface area contributed by atoms with E-state index >= 15 is 0 Å². The molecule has 30 heavy (non-hydrogen) atoms. The number of nitrogens with zero attached hydrogens (tertiary/aromatic N) is 1. The summed E-state index contributed by atoms with van der Waals surface area (Å²) < 4.78 is 5.60. The van der Waals surface area contributed by atoms with Crippen LogP contribution in [0.2, 0.25) is 0 Å². The monoisotopic (exact) mass is 406 g/mol. The fourth-order valence-corrected chi connectivity index (χ4v) is 4.45. The van der Waals surface area contributed by atoms with Crippen molar-refractivity contribution >= 4 is 23.2 Å². The number of benzene rings is 2. The highest BCUT2D eigenvalue weighted by Gasteiger charge is 2.26. The largest absolute Gasteiger partial charge is 0.482 e. The van der Waals surface area contributed by atoms with E-state index in [1.165, 1.54) is 37.7 Å². The summed E-state index contributed by atoms with van der Waals surface area (Å²) in [6.07, 6.45) is 8.71. The van der Waals surface area contributed by atoms with Crippen LogP contribution in [0.15, 0.2) is 48.5 Å². The summed E-state index contributed by atoms with van der Waals surface area (Å²) >= 11 is 0. The molecular formula is C25H30N2O3. The Labute approximate surface area is 178 Å². The van der Waals surface area contributed by atoms with Crippen molar-refractivity contribution in [3.8, 4) is 5.75 Å². The number of carbonyl (C=O) groups is 2. The lowest BCUT2D eigenvalue weighted by Crippen LogP contribution is -2.40. The Morgan fingerprint density at radius 3 is 2.67 bits per heavy atom. The molecule has 1 aliphatic heterocycles. The highest BCUT2D eigenvalue weighted by molar-refractivity contribution is 5.99. The zero-order valence-corrected chi connectivity index (χ0v) is 17.4. The SMILES string of the molecule is O=C(CCC1CCCCC1)Nc1ccc2c(c1)N(CCc1ccccc1)C(=O)CO2. The van der Waals surface area contributed by atoms with Crippen molar-refractivity contribution in [1.82, 2.24) is 0 Å². The zero-order valence-electron chi connectivity index (χ0n) is 17.4. The fraction of sp³-hybridized carbons (Fsp3) is 0.440. The van der Waals surface area contributed by atoms with Gasteiger partial charge in [-0.05, 0) is 42.5 Å². The summed E-state index contributed by atoms with van der Waals surface area (Å²) in [6.45, 7) is 0.632. The van der Waals surface area contributed by atoms with E-state index in [0.29, 0.717) is 30.3 Å². The number of hydrogen-bond acceptors (Lipinski definition) is 3. The molecule has 5 nitrogen and oxygen atoms in total. The smallest absolute Gasteiger partial charge is 0.265 e. The molecule has 2 aromatic carbocycles. The zero-order chi connectivity index (χ0) is 20.8. The number of carbonyl (C=O) groups excluding carboxylic acids is 2. The van der Waals surface area contributed by atoms with Gasteiger partial charge in [-0.1, -0.05) is 62.4 Å². The normalized spacial score (nSPS) is 16.7. The lowest BCUT2D eigenvalue weighted by molar-refractivity contribution is -0.121. The first-order chi connectivity index (χ1) is 14.7. The van der Waals surface area contributed by atoms with Crippen LogP contribution in [0.5, 0.6) is 5.75 Å². The molecule has 1 saturated carbocycles. The minimum absolute atomic E-state index is 0.0411. The van der Waals surface area contributed by atoms with Crippen molar-refractivity contribution in [2.45, 2.75) is 51.4 Å². The summed E-state index contributed by atoms with van der Waals surface area (Å²) in [4.78, 5) is 26.7. The molecule has 4 rings (SSSR count). The van der Waals surface area contributed by atoms with E-state index < -0.39 is 0 Å². The van der Waals surface area contributed by atoms with Gasteiger partial charge in [-0.25, -0.2) is 0 Å². The quantitative estimate of drug-likeness (QED) is 0.707. The van der Waals surface area contributed by atoms with Gasteiger partial charge in [0.05, 0.1) is 5.69 Å². The first-order valence-corrected chi connectivity index (χ1v) is 11.1. The van der Waals surface area contributed by atoms with Crippen molar-refractivity contribution in [3.05, 3.63) is 54.1 Å². The third-order valence-corrected chi connectivity index (χ3v) is 6.16. The first-order valence-electron chi connectivity index (χ1n) is 11.1. The van der Waals surface area contributed by atoms with Gasteiger partial charge in [0.1, 0.15) is 5.75 Å². The molecule has 2 aliphatic rings. The molecule has 1 aliphatic carbocycles. The van der Waals surface area contributed by atoms with Crippen LogP contribution in [-0.2, 0) is 16.0 Å². The Bertz CT molecular complexity index is 875. The number of hydrogen-bond donors (Lipinski definition) is 1. The maximum absolute atomic E-state index is 12.5. The van der Waals surface area contributed by atoms with Gasteiger partial charge in [0.15, 0.2) is 6.61 Å². The van der Waals surface area contributed by atoms with Crippen molar-refractivity contribution in [3.63, 3.8) is 0 Å². The van der Waals surface area contributed by atoms with E-state index in [1.807, 2.05) is 36.4 Å². The molecule has 2 amide bonds. The molecule has 0 saturated heterocycles. The van der Waals surface area contributed by atoms with Crippen LogP contribution < -0.4 is 15.0 Å². The van der Waals surface area contributed by atoms with Gasteiger partial charge in [-0.15, -0.1) is 0 Å². The Morgan fingerprint density at radius 1 is 1.07 bits per heavy atom. The molecule has 0 spiro atoms. The molecule has 2 aromatic rings. The van der Waals surface area contributed by atoms with E-state index in [0.717, 1.165) is 18.5 Å². The summed E-state index contributed by atoms with van der Waals surface area (Å²) in [5, 5.41) is 3.01. The summed E-state index contributed by atoms with van der Waals surface area (Å²) in [5.41, 5.74) is 2.63. The molecule has 1 N–H and O–H groups in total. The second-order valence-corrected chi connectivity index (χ2v) is 8.34. The van der Waals surface area contributed by atoms with E-state index in [4.69, 9.17) is 4.74 Å². The van der Waals surface area contributed by atoms with Crippen LogP contribution in [0.1, 0.15) is 50.5 Å². The Hall–Kier alpha value is -2.82. The maximum atomic E-state index is 12.5. The molecule has 1 fully saturated rings. The van der Waals surface area contributed by atoms with E-state index in [9.17, 15) is 9.59 Å². The van der Waals surface area contributed by atoms with Crippen LogP contribution in [0.25, 0.3) is 0 Å². The number of anilines is 2. The Kier molecular flexibility index (Phi) is 6.67. The third-order valence-electron chi connectivity index (χ3n) is 6.16. The number of rotatable bonds is 7. The van der Waals surface area contributed by atoms with Crippen molar-refractivity contribution in [1.29, 1.82) is 0 Å². The van der Waals surface area contributed by atoms with Crippen molar-refractivity contribution in [2.24, 2.45) is 5.92 Å².